The highest BCUT2D eigenvalue weighted by Crippen LogP contribution is 2.30. The number of pyridine rings is 1. The minimum Gasteiger partial charge on any atom is -0.496 e. The van der Waals surface area contributed by atoms with Crippen LogP contribution < -0.4 is 14.8 Å². The Morgan fingerprint density at radius 2 is 1.75 bits per heavy atom. The molecule has 1 N–H and O–H groups in total. The smallest absolute Gasteiger partial charge is 0.263 e. The number of halogens is 1. The first-order valence-electron chi connectivity index (χ1n) is 7.21. The zero-order valence-corrected chi connectivity index (χ0v) is 13.2. The molecule has 0 bridgehead atoms. The number of hydrogen-bond acceptors (Lipinski definition) is 4. The van der Waals surface area contributed by atoms with Gasteiger partial charge in [-0.05, 0) is 36.4 Å². The molecule has 0 spiro atoms. The number of rotatable bonds is 4. The number of carbonyl (C=O) groups excluding carboxylic acids is 1. The molecule has 1 amide bonds. The first-order chi connectivity index (χ1) is 11.7. The molecule has 0 saturated carbocycles. The van der Waals surface area contributed by atoms with Crippen LogP contribution in [-0.4, -0.2) is 25.1 Å². The third-order valence-electron chi connectivity index (χ3n) is 3.62. The second-order valence-electron chi connectivity index (χ2n) is 4.99. The Bertz CT molecular complexity index is 890. The van der Waals surface area contributed by atoms with Gasteiger partial charge in [0, 0.05) is 11.6 Å². The van der Waals surface area contributed by atoms with Gasteiger partial charge in [-0.1, -0.05) is 6.07 Å². The van der Waals surface area contributed by atoms with Gasteiger partial charge in [0.05, 0.1) is 25.4 Å². The van der Waals surface area contributed by atoms with Crippen LogP contribution in [0.3, 0.4) is 0 Å². The van der Waals surface area contributed by atoms with Gasteiger partial charge in [0.15, 0.2) is 0 Å². The Kier molecular flexibility index (Phi) is 4.29. The molecule has 0 radical (unpaired) electrons. The number of carbonyl (C=O) groups is 1. The number of benzene rings is 2. The predicted molar refractivity (Wildman–Crippen MR) is 89.2 cm³/mol. The predicted octanol–water partition coefficient (Wildman–Crippen LogP) is 3.64. The molecule has 0 aliphatic heterocycles. The zero-order chi connectivity index (χ0) is 17.1. The lowest BCUT2D eigenvalue weighted by atomic mass is 10.1. The standard InChI is InChI=1S/C18H15FN2O3/c1-23-14-6-3-7-15(24-2)16(14)18(22)21-13-9-8-12(19)11-5-4-10-20-17(11)13/h3-10H,1-2H3,(H,21,22). The average molecular weight is 326 g/mol. The van der Waals surface area contributed by atoms with Crippen LogP contribution in [0.15, 0.2) is 48.7 Å². The molecule has 24 heavy (non-hydrogen) atoms. The van der Waals surface area contributed by atoms with Crippen molar-refractivity contribution < 1.29 is 18.7 Å². The van der Waals surface area contributed by atoms with Crippen LogP contribution in [0.5, 0.6) is 11.5 Å². The van der Waals surface area contributed by atoms with Crippen molar-refractivity contribution in [2.45, 2.75) is 0 Å². The topological polar surface area (TPSA) is 60.5 Å². The largest absolute Gasteiger partial charge is 0.496 e. The van der Waals surface area contributed by atoms with Crippen LogP contribution in [-0.2, 0) is 0 Å². The summed E-state index contributed by atoms with van der Waals surface area (Å²) in [5.41, 5.74) is 1.04. The van der Waals surface area contributed by atoms with E-state index in [1.807, 2.05) is 0 Å². The van der Waals surface area contributed by atoms with E-state index in [1.165, 1.54) is 26.4 Å². The van der Waals surface area contributed by atoms with Crippen LogP contribution in [0.1, 0.15) is 10.4 Å². The van der Waals surface area contributed by atoms with E-state index in [4.69, 9.17) is 9.47 Å². The summed E-state index contributed by atoms with van der Waals surface area (Å²) >= 11 is 0. The van der Waals surface area contributed by atoms with E-state index in [0.29, 0.717) is 28.1 Å². The van der Waals surface area contributed by atoms with E-state index < -0.39 is 11.7 Å². The van der Waals surface area contributed by atoms with Gasteiger partial charge in [0.2, 0.25) is 0 Å². The third kappa shape index (κ3) is 2.74. The lowest BCUT2D eigenvalue weighted by Crippen LogP contribution is -2.15. The summed E-state index contributed by atoms with van der Waals surface area (Å²) in [6, 6.07) is 11.1. The fraction of sp³-hybridized carbons (Fsp3) is 0.111. The molecule has 5 nitrogen and oxygen atoms in total. The summed E-state index contributed by atoms with van der Waals surface area (Å²) in [5, 5.41) is 3.09. The maximum absolute atomic E-state index is 13.9. The summed E-state index contributed by atoms with van der Waals surface area (Å²) in [6.45, 7) is 0. The summed E-state index contributed by atoms with van der Waals surface area (Å²) < 4.78 is 24.3. The normalized spacial score (nSPS) is 10.5. The Hall–Kier alpha value is -3.15. The minimum absolute atomic E-state index is 0.260. The number of amides is 1. The molecule has 1 aromatic heterocycles. The Balaban J connectivity index is 2.04. The van der Waals surface area contributed by atoms with Gasteiger partial charge in [-0.25, -0.2) is 4.39 Å². The maximum Gasteiger partial charge on any atom is 0.263 e. The quantitative estimate of drug-likeness (QED) is 0.795. The van der Waals surface area contributed by atoms with Gasteiger partial charge >= 0.3 is 0 Å². The molecule has 0 aliphatic carbocycles. The van der Waals surface area contributed by atoms with Crippen molar-refractivity contribution in [2.75, 3.05) is 19.5 Å². The molecule has 122 valence electrons. The van der Waals surface area contributed by atoms with Crippen molar-refractivity contribution in [1.82, 2.24) is 4.98 Å². The van der Waals surface area contributed by atoms with Crippen molar-refractivity contribution in [3.63, 3.8) is 0 Å². The van der Waals surface area contributed by atoms with Crippen molar-refractivity contribution in [1.29, 1.82) is 0 Å². The highest BCUT2D eigenvalue weighted by Gasteiger charge is 2.19. The first-order valence-corrected chi connectivity index (χ1v) is 7.21. The van der Waals surface area contributed by atoms with Gasteiger partial charge in [0.25, 0.3) is 5.91 Å². The van der Waals surface area contributed by atoms with Gasteiger partial charge in [-0.15, -0.1) is 0 Å². The molecule has 2 aromatic carbocycles. The fourth-order valence-electron chi connectivity index (χ4n) is 2.50. The number of hydrogen-bond donors (Lipinski definition) is 1. The molecule has 3 aromatic rings. The fourth-order valence-corrected chi connectivity index (χ4v) is 2.50. The number of methoxy groups -OCH3 is 2. The molecule has 0 unspecified atom stereocenters. The van der Waals surface area contributed by atoms with Crippen molar-refractivity contribution in [2.24, 2.45) is 0 Å². The van der Waals surface area contributed by atoms with Gasteiger partial charge in [-0.3, -0.25) is 9.78 Å². The van der Waals surface area contributed by atoms with E-state index >= 15 is 0 Å². The van der Waals surface area contributed by atoms with Crippen LogP contribution in [0, 0.1) is 5.82 Å². The maximum atomic E-state index is 13.9. The van der Waals surface area contributed by atoms with Crippen LogP contribution >= 0.6 is 0 Å². The van der Waals surface area contributed by atoms with Crippen LogP contribution in [0.4, 0.5) is 10.1 Å². The SMILES string of the molecule is COc1cccc(OC)c1C(=O)Nc1ccc(F)c2cccnc12. The summed E-state index contributed by atoms with van der Waals surface area (Å²) in [6.07, 6.45) is 1.54. The number of aromatic nitrogens is 1. The number of fused-ring (bicyclic) bond motifs is 1. The number of nitrogens with one attached hydrogen (secondary N) is 1. The lowest BCUT2D eigenvalue weighted by Gasteiger charge is -2.14. The van der Waals surface area contributed by atoms with E-state index in [-0.39, 0.29) is 5.56 Å². The third-order valence-corrected chi connectivity index (χ3v) is 3.62. The van der Waals surface area contributed by atoms with E-state index in [2.05, 4.69) is 10.3 Å². The van der Waals surface area contributed by atoms with Crippen molar-refractivity contribution in [3.05, 3.63) is 60.0 Å². The monoisotopic (exact) mass is 326 g/mol. The van der Waals surface area contributed by atoms with Crippen LogP contribution in [0.25, 0.3) is 10.9 Å². The highest BCUT2D eigenvalue weighted by atomic mass is 19.1. The van der Waals surface area contributed by atoms with Crippen molar-refractivity contribution >= 4 is 22.5 Å². The molecule has 1 heterocycles. The lowest BCUT2D eigenvalue weighted by molar-refractivity contribution is 0.102. The number of ether oxygens (including phenoxy) is 2. The summed E-state index contributed by atoms with van der Waals surface area (Å²) in [7, 11) is 2.95. The second-order valence-corrected chi connectivity index (χ2v) is 4.99. The molecule has 0 aliphatic rings. The average Bonchev–Trinajstić information content (AvgIpc) is 2.63. The second kappa shape index (κ2) is 6.54. The van der Waals surface area contributed by atoms with E-state index in [9.17, 15) is 9.18 Å². The first kappa shape index (κ1) is 15.7. The Labute approximate surface area is 138 Å². The molecule has 0 saturated heterocycles. The van der Waals surface area contributed by atoms with E-state index in [1.54, 1.807) is 36.5 Å². The molecule has 0 atom stereocenters. The number of anilines is 1. The molecule has 6 heteroatoms. The van der Waals surface area contributed by atoms with Crippen molar-refractivity contribution in [3.8, 4) is 11.5 Å². The number of nitrogens with zero attached hydrogens (tertiary/aromatic N) is 1. The summed E-state index contributed by atoms with van der Waals surface area (Å²) in [4.78, 5) is 16.9. The summed E-state index contributed by atoms with van der Waals surface area (Å²) in [5.74, 6) is -0.0636. The molecular weight excluding hydrogens is 311 g/mol. The van der Waals surface area contributed by atoms with E-state index in [0.717, 1.165) is 0 Å². The highest BCUT2D eigenvalue weighted by molar-refractivity contribution is 6.11. The molecule has 0 fully saturated rings. The molecular formula is C18H15FN2O3. The minimum atomic E-state index is -0.428. The van der Waals surface area contributed by atoms with Crippen LogP contribution in [0.2, 0.25) is 0 Å². The molecule has 3 rings (SSSR count). The van der Waals surface area contributed by atoms with Gasteiger partial charge in [-0.2, -0.15) is 0 Å². The van der Waals surface area contributed by atoms with Gasteiger partial charge in [0.1, 0.15) is 22.9 Å². The Morgan fingerprint density at radius 3 is 2.42 bits per heavy atom. The Morgan fingerprint density at radius 1 is 1.04 bits per heavy atom. The van der Waals surface area contributed by atoms with Gasteiger partial charge < -0.3 is 14.8 Å². The zero-order valence-electron chi connectivity index (χ0n) is 13.2.